The van der Waals surface area contributed by atoms with Crippen LogP contribution in [-0.4, -0.2) is 11.2 Å². The summed E-state index contributed by atoms with van der Waals surface area (Å²) in [5.74, 6) is 1.28. The Hall–Kier alpha value is -2.07. The lowest BCUT2D eigenvalue weighted by atomic mass is 9.92. The van der Waals surface area contributed by atoms with Gasteiger partial charge in [0.05, 0.1) is 12.1 Å². The summed E-state index contributed by atoms with van der Waals surface area (Å²) in [7, 11) is 0. The smallest absolute Gasteiger partial charge is 0.171 e. The van der Waals surface area contributed by atoms with Gasteiger partial charge in [-0.05, 0) is 81.2 Å². The SMILES string of the molecule is Cc1ccc([C@H](NC(=S)Nc2ccc(OC(C)C)cc2)C(C)C)c(C)c1. The molecule has 2 rings (SSSR count). The molecule has 2 aromatic carbocycles. The van der Waals surface area contributed by atoms with Crippen molar-refractivity contribution in [2.45, 2.75) is 53.7 Å². The fourth-order valence-electron chi connectivity index (χ4n) is 2.98. The summed E-state index contributed by atoms with van der Waals surface area (Å²) in [5.41, 5.74) is 4.80. The third-order valence-corrected chi connectivity index (χ3v) is 4.42. The lowest BCUT2D eigenvalue weighted by Gasteiger charge is -2.26. The normalized spacial score (nSPS) is 12.2. The monoisotopic (exact) mass is 370 g/mol. The van der Waals surface area contributed by atoms with E-state index in [1.165, 1.54) is 16.7 Å². The molecule has 0 radical (unpaired) electrons. The van der Waals surface area contributed by atoms with Gasteiger partial charge in [-0.2, -0.15) is 0 Å². The molecule has 0 aliphatic rings. The molecule has 0 aliphatic heterocycles. The second-order valence-corrected chi connectivity index (χ2v) is 7.78. The standard InChI is InChI=1S/C22H30N2OS/c1-14(2)21(20-12-7-16(5)13-17(20)6)24-22(26)23-18-8-10-19(11-9-18)25-15(3)4/h7-15,21H,1-6H3,(H2,23,24,26)/t21-/m1/s1. The van der Waals surface area contributed by atoms with E-state index in [1.54, 1.807) is 0 Å². The van der Waals surface area contributed by atoms with Crippen LogP contribution < -0.4 is 15.4 Å². The molecule has 3 nitrogen and oxygen atoms in total. The fraction of sp³-hybridized carbons (Fsp3) is 0.409. The minimum Gasteiger partial charge on any atom is -0.491 e. The average molecular weight is 371 g/mol. The quantitative estimate of drug-likeness (QED) is 0.632. The number of thiocarbonyl (C=S) groups is 1. The van der Waals surface area contributed by atoms with Gasteiger partial charge in [0.1, 0.15) is 5.75 Å². The molecule has 0 saturated heterocycles. The van der Waals surface area contributed by atoms with Crippen LogP contribution in [0.1, 0.15) is 50.4 Å². The fourth-order valence-corrected chi connectivity index (χ4v) is 3.22. The van der Waals surface area contributed by atoms with Gasteiger partial charge in [-0.3, -0.25) is 0 Å². The van der Waals surface area contributed by atoms with E-state index in [0.717, 1.165) is 11.4 Å². The van der Waals surface area contributed by atoms with E-state index in [1.807, 2.05) is 38.1 Å². The van der Waals surface area contributed by atoms with Crippen LogP contribution in [0.5, 0.6) is 5.75 Å². The first kappa shape index (κ1) is 20.2. The third kappa shape index (κ3) is 5.73. The zero-order valence-electron chi connectivity index (χ0n) is 16.6. The van der Waals surface area contributed by atoms with Gasteiger partial charge in [-0.1, -0.05) is 37.6 Å². The number of aryl methyl sites for hydroxylation is 2. The zero-order valence-corrected chi connectivity index (χ0v) is 17.4. The Kier molecular flexibility index (Phi) is 7.04. The van der Waals surface area contributed by atoms with Gasteiger partial charge in [0.2, 0.25) is 0 Å². The molecular formula is C22H30N2OS. The molecule has 2 aromatic rings. The third-order valence-electron chi connectivity index (χ3n) is 4.20. The number of benzene rings is 2. The van der Waals surface area contributed by atoms with Gasteiger partial charge in [0.25, 0.3) is 0 Å². The van der Waals surface area contributed by atoms with E-state index in [-0.39, 0.29) is 12.1 Å². The Morgan fingerprint density at radius 3 is 2.15 bits per heavy atom. The van der Waals surface area contributed by atoms with Crippen LogP contribution in [0.3, 0.4) is 0 Å². The molecule has 0 unspecified atom stereocenters. The van der Waals surface area contributed by atoms with Gasteiger partial charge >= 0.3 is 0 Å². The van der Waals surface area contributed by atoms with E-state index < -0.39 is 0 Å². The molecule has 0 heterocycles. The minimum atomic E-state index is 0.166. The second-order valence-electron chi connectivity index (χ2n) is 7.37. The van der Waals surface area contributed by atoms with Crippen LogP contribution in [0, 0.1) is 19.8 Å². The van der Waals surface area contributed by atoms with Crippen molar-refractivity contribution in [3.05, 3.63) is 59.2 Å². The van der Waals surface area contributed by atoms with Gasteiger partial charge < -0.3 is 15.4 Å². The van der Waals surface area contributed by atoms with Gasteiger partial charge in [-0.25, -0.2) is 0 Å². The van der Waals surface area contributed by atoms with Crippen molar-refractivity contribution in [3.8, 4) is 5.75 Å². The van der Waals surface area contributed by atoms with Crippen molar-refractivity contribution in [2.75, 3.05) is 5.32 Å². The van der Waals surface area contributed by atoms with Crippen molar-refractivity contribution in [2.24, 2.45) is 5.92 Å². The molecule has 0 spiro atoms. The van der Waals surface area contributed by atoms with E-state index in [9.17, 15) is 0 Å². The highest BCUT2D eigenvalue weighted by molar-refractivity contribution is 7.80. The van der Waals surface area contributed by atoms with Crippen LogP contribution in [0.15, 0.2) is 42.5 Å². The van der Waals surface area contributed by atoms with E-state index in [4.69, 9.17) is 17.0 Å². The summed E-state index contributed by atoms with van der Waals surface area (Å²) in [6.07, 6.45) is 0.168. The van der Waals surface area contributed by atoms with Crippen molar-refractivity contribution in [1.82, 2.24) is 5.32 Å². The first-order valence-corrected chi connectivity index (χ1v) is 9.58. The molecular weight excluding hydrogens is 340 g/mol. The van der Waals surface area contributed by atoms with Crippen LogP contribution >= 0.6 is 12.2 Å². The Labute approximate surface area is 163 Å². The number of rotatable bonds is 6. The first-order valence-electron chi connectivity index (χ1n) is 9.17. The van der Waals surface area contributed by atoms with Gasteiger partial charge in [0, 0.05) is 5.69 Å². The van der Waals surface area contributed by atoms with Crippen molar-refractivity contribution >= 4 is 23.0 Å². The maximum absolute atomic E-state index is 5.67. The van der Waals surface area contributed by atoms with Crippen LogP contribution in [-0.2, 0) is 0 Å². The number of hydrogen-bond donors (Lipinski definition) is 2. The van der Waals surface area contributed by atoms with Crippen LogP contribution in [0.2, 0.25) is 0 Å². The summed E-state index contributed by atoms with van der Waals surface area (Å²) in [6, 6.07) is 14.6. The van der Waals surface area contributed by atoms with Crippen molar-refractivity contribution < 1.29 is 4.74 Å². The summed E-state index contributed by atoms with van der Waals surface area (Å²) >= 11 is 5.55. The van der Waals surface area contributed by atoms with E-state index in [2.05, 4.69) is 56.5 Å². The number of ether oxygens (including phenoxy) is 1. The average Bonchev–Trinajstić information content (AvgIpc) is 2.54. The first-order chi connectivity index (χ1) is 12.3. The number of hydrogen-bond acceptors (Lipinski definition) is 2. The van der Waals surface area contributed by atoms with Crippen LogP contribution in [0.4, 0.5) is 5.69 Å². The molecule has 26 heavy (non-hydrogen) atoms. The van der Waals surface area contributed by atoms with Crippen LogP contribution in [0.25, 0.3) is 0 Å². The Morgan fingerprint density at radius 1 is 0.962 bits per heavy atom. The molecule has 0 aromatic heterocycles. The Balaban J connectivity index is 2.06. The lowest BCUT2D eigenvalue weighted by molar-refractivity contribution is 0.242. The summed E-state index contributed by atoms with van der Waals surface area (Å²) in [5, 5.41) is 7.38. The highest BCUT2D eigenvalue weighted by Crippen LogP contribution is 2.26. The van der Waals surface area contributed by atoms with E-state index in [0.29, 0.717) is 11.0 Å². The van der Waals surface area contributed by atoms with Gasteiger partial charge in [0.15, 0.2) is 5.11 Å². The zero-order chi connectivity index (χ0) is 19.3. The molecule has 4 heteroatoms. The molecule has 0 fully saturated rings. The number of anilines is 1. The van der Waals surface area contributed by atoms with Crippen molar-refractivity contribution in [3.63, 3.8) is 0 Å². The number of nitrogens with one attached hydrogen (secondary N) is 2. The van der Waals surface area contributed by atoms with Crippen molar-refractivity contribution in [1.29, 1.82) is 0 Å². The molecule has 0 amide bonds. The van der Waals surface area contributed by atoms with Gasteiger partial charge in [-0.15, -0.1) is 0 Å². The minimum absolute atomic E-state index is 0.166. The highest BCUT2D eigenvalue weighted by atomic mass is 32.1. The summed E-state index contributed by atoms with van der Waals surface area (Å²) in [4.78, 5) is 0. The maximum Gasteiger partial charge on any atom is 0.171 e. The second kappa shape index (κ2) is 9.04. The molecule has 1 atom stereocenters. The maximum atomic E-state index is 5.67. The molecule has 0 bridgehead atoms. The topological polar surface area (TPSA) is 33.3 Å². The van der Waals surface area contributed by atoms with E-state index >= 15 is 0 Å². The molecule has 2 N–H and O–H groups in total. The predicted octanol–water partition coefficient (Wildman–Crippen LogP) is 5.77. The Bertz CT molecular complexity index is 738. The Morgan fingerprint density at radius 2 is 1.62 bits per heavy atom. The largest absolute Gasteiger partial charge is 0.491 e. The molecule has 140 valence electrons. The molecule has 0 saturated carbocycles. The lowest BCUT2D eigenvalue weighted by Crippen LogP contribution is -2.35. The predicted molar refractivity (Wildman–Crippen MR) is 115 cm³/mol. The summed E-state index contributed by atoms with van der Waals surface area (Å²) in [6.45, 7) is 12.7. The highest BCUT2D eigenvalue weighted by Gasteiger charge is 2.18. The summed E-state index contributed by atoms with van der Waals surface area (Å²) < 4.78 is 5.67. The molecule has 0 aliphatic carbocycles.